The van der Waals surface area contributed by atoms with Crippen LogP contribution in [-0.2, 0) is 5.41 Å². The second-order valence-electron chi connectivity index (χ2n) is 6.39. The molecule has 0 fully saturated rings. The number of rotatable bonds is 2. The Morgan fingerprint density at radius 2 is 1.87 bits per heavy atom. The van der Waals surface area contributed by atoms with Crippen molar-refractivity contribution in [3.05, 3.63) is 62.7 Å². The van der Waals surface area contributed by atoms with E-state index in [1.807, 2.05) is 20.8 Å². The van der Waals surface area contributed by atoms with Crippen molar-refractivity contribution in [2.24, 2.45) is 0 Å². The number of fused-ring (bicyclic) bond motifs is 1. The molecule has 0 saturated heterocycles. The summed E-state index contributed by atoms with van der Waals surface area (Å²) in [5.41, 5.74) is 2.47. The van der Waals surface area contributed by atoms with Crippen molar-refractivity contribution in [3.63, 3.8) is 0 Å². The molecule has 23 heavy (non-hydrogen) atoms. The first kappa shape index (κ1) is 15.0. The highest BCUT2D eigenvalue weighted by molar-refractivity contribution is 5.77. The molecule has 0 aliphatic rings. The molecule has 118 valence electrons. The number of H-pyrrole nitrogens is 1. The highest BCUT2D eigenvalue weighted by Gasteiger charge is 2.18. The number of hydrogen-bond donors (Lipinski definition) is 1. The van der Waals surface area contributed by atoms with Gasteiger partial charge in [-0.25, -0.2) is 0 Å². The Morgan fingerprint density at radius 3 is 2.43 bits per heavy atom. The largest absolute Gasteiger partial charge is 0.342 e. The molecule has 0 bridgehead atoms. The molecule has 7 nitrogen and oxygen atoms in total. The minimum Gasteiger partial charge on any atom is -0.342 e. The molecule has 0 amide bonds. The maximum absolute atomic E-state index is 12.2. The highest BCUT2D eigenvalue weighted by atomic mass is 16.6. The molecule has 0 spiro atoms. The summed E-state index contributed by atoms with van der Waals surface area (Å²) in [5, 5.41) is 14.9. The van der Waals surface area contributed by atoms with Crippen LogP contribution < -0.4 is 5.56 Å². The van der Waals surface area contributed by atoms with Gasteiger partial charge in [0, 0.05) is 34.9 Å². The van der Waals surface area contributed by atoms with Crippen molar-refractivity contribution >= 4 is 11.3 Å². The first-order valence-corrected chi connectivity index (χ1v) is 7.14. The Hall–Kier alpha value is -2.96. The molecular weight excluding hydrogens is 296 g/mol. The average molecular weight is 312 g/mol. The topological polar surface area (TPSA) is 93.3 Å². The molecule has 0 saturated carbocycles. The van der Waals surface area contributed by atoms with Crippen molar-refractivity contribution in [1.82, 2.24) is 14.6 Å². The second kappa shape index (κ2) is 5.05. The minimum atomic E-state index is -0.445. The third kappa shape index (κ3) is 2.61. The summed E-state index contributed by atoms with van der Waals surface area (Å²) in [6.07, 6.45) is 1.58. The Bertz CT molecular complexity index is 946. The zero-order valence-electron chi connectivity index (χ0n) is 13.0. The number of aromatic nitrogens is 3. The fourth-order valence-corrected chi connectivity index (χ4v) is 2.36. The van der Waals surface area contributed by atoms with Gasteiger partial charge in [0.2, 0.25) is 0 Å². The predicted molar refractivity (Wildman–Crippen MR) is 86.6 cm³/mol. The molecule has 1 N–H and O–H groups in total. The van der Waals surface area contributed by atoms with E-state index in [1.54, 1.807) is 24.4 Å². The summed E-state index contributed by atoms with van der Waals surface area (Å²) in [5.74, 6) is 0. The van der Waals surface area contributed by atoms with Gasteiger partial charge in [-0.1, -0.05) is 20.8 Å². The normalized spacial score (nSPS) is 11.8. The maximum Gasteiger partial charge on any atom is 0.274 e. The maximum atomic E-state index is 12.2. The van der Waals surface area contributed by atoms with Gasteiger partial charge in [-0.05, 0) is 17.7 Å². The van der Waals surface area contributed by atoms with Crippen LogP contribution in [0.2, 0.25) is 0 Å². The van der Waals surface area contributed by atoms with E-state index in [0.717, 1.165) is 16.8 Å². The van der Waals surface area contributed by atoms with Crippen LogP contribution >= 0.6 is 0 Å². The van der Waals surface area contributed by atoms with E-state index in [4.69, 9.17) is 0 Å². The van der Waals surface area contributed by atoms with Crippen LogP contribution in [0.3, 0.4) is 0 Å². The lowest BCUT2D eigenvalue weighted by Crippen LogP contribution is -2.22. The summed E-state index contributed by atoms with van der Waals surface area (Å²) in [6, 6.07) is 7.71. The van der Waals surface area contributed by atoms with E-state index in [2.05, 4.69) is 10.1 Å². The molecule has 3 aromatic rings. The van der Waals surface area contributed by atoms with Gasteiger partial charge in [0.15, 0.2) is 0 Å². The van der Waals surface area contributed by atoms with Crippen molar-refractivity contribution in [3.8, 4) is 11.1 Å². The minimum absolute atomic E-state index is 0.0223. The first-order chi connectivity index (χ1) is 10.8. The number of hydrogen-bond acceptors (Lipinski definition) is 4. The van der Waals surface area contributed by atoms with E-state index < -0.39 is 4.92 Å². The lowest BCUT2D eigenvalue weighted by atomic mass is 9.92. The zero-order chi connectivity index (χ0) is 16.8. The van der Waals surface area contributed by atoms with Gasteiger partial charge >= 0.3 is 0 Å². The molecule has 0 unspecified atom stereocenters. The standard InChI is InChI=1S/C16H16N4O3/c1-16(2,3)13-8-14(21)19-15(18-13)12(9-17-19)10-4-6-11(7-5-10)20(22)23/h4-9,18H,1-3H3. The Balaban J connectivity index is 2.20. The lowest BCUT2D eigenvalue weighted by Gasteiger charge is -2.18. The number of nitro benzene ring substituents is 1. The van der Waals surface area contributed by atoms with Crippen molar-refractivity contribution < 1.29 is 4.92 Å². The fraction of sp³-hybridized carbons (Fsp3) is 0.250. The molecule has 0 atom stereocenters. The molecule has 0 aliphatic carbocycles. The van der Waals surface area contributed by atoms with Crippen LogP contribution in [0.15, 0.2) is 41.3 Å². The van der Waals surface area contributed by atoms with Gasteiger partial charge in [0.1, 0.15) is 5.65 Å². The van der Waals surface area contributed by atoms with Gasteiger partial charge in [-0.3, -0.25) is 14.9 Å². The monoisotopic (exact) mass is 312 g/mol. The Labute approximate surface area is 131 Å². The van der Waals surface area contributed by atoms with Crippen LogP contribution in [0, 0.1) is 10.1 Å². The molecule has 7 heteroatoms. The van der Waals surface area contributed by atoms with Crippen LogP contribution in [0.5, 0.6) is 0 Å². The third-order valence-electron chi connectivity index (χ3n) is 3.70. The molecular formula is C16H16N4O3. The zero-order valence-corrected chi connectivity index (χ0v) is 13.0. The summed E-state index contributed by atoms with van der Waals surface area (Å²) in [7, 11) is 0. The van der Waals surface area contributed by atoms with E-state index in [-0.39, 0.29) is 16.7 Å². The smallest absolute Gasteiger partial charge is 0.274 e. The van der Waals surface area contributed by atoms with Crippen LogP contribution in [-0.4, -0.2) is 19.5 Å². The summed E-state index contributed by atoms with van der Waals surface area (Å²) in [4.78, 5) is 25.8. The van der Waals surface area contributed by atoms with Crippen LogP contribution in [0.4, 0.5) is 5.69 Å². The number of benzene rings is 1. The van der Waals surface area contributed by atoms with E-state index in [0.29, 0.717) is 5.65 Å². The summed E-state index contributed by atoms with van der Waals surface area (Å²) >= 11 is 0. The quantitative estimate of drug-likeness (QED) is 0.581. The van der Waals surface area contributed by atoms with Crippen molar-refractivity contribution in [1.29, 1.82) is 0 Å². The molecule has 2 heterocycles. The SMILES string of the molecule is CC(C)(C)c1cc(=O)n2ncc(-c3ccc([N+](=O)[O-])cc3)c2[nH]1. The lowest BCUT2D eigenvalue weighted by molar-refractivity contribution is -0.384. The van der Waals surface area contributed by atoms with Crippen molar-refractivity contribution in [2.45, 2.75) is 26.2 Å². The summed E-state index contributed by atoms with van der Waals surface area (Å²) in [6.45, 7) is 6.03. The Morgan fingerprint density at radius 1 is 1.22 bits per heavy atom. The van der Waals surface area contributed by atoms with Gasteiger partial charge < -0.3 is 4.98 Å². The average Bonchev–Trinajstić information content (AvgIpc) is 2.91. The van der Waals surface area contributed by atoms with E-state index >= 15 is 0 Å². The number of non-ortho nitro benzene ring substituents is 1. The third-order valence-corrected chi connectivity index (χ3v) is 3.70. The fourth-order valence-electron chi connectivity index (χ4n) is 2.36. The molecule has 0 radical (unpaired) electrons. The number of aromatic amines is 1. The summed E-state index contributed by atoms with van der Waals surface area (Å²) < 4.78 is 1.30. The van der Waals surface area contributed by atoms with Crippen molar-refractivity contribution in [2.75, 3.05) is 0 Å². The molecule has 3 rings (SSSR count). The van der Waals surface area contributed by atoms with Gasteiger partial charge in [-0.2, -0.15) is 9.61 Å². The molecule has 2 aromatic heterocycles. The highest BCUT2D eigenvalue weighted by Crippen LogP contribution is 2.26. The van der Waals surface area contributed by atoms with Crippen LogP contribution in [0.1, 0.15) is 26.5 Å². The number of nitrogens with zero attached hydrogens (tertiary/aromatic N) is 3. The predicted octanol–water partition coefficient (Wildman–Crippen LogP) is 2.90. The van der Waals surface area contributed by atoms with Gasteiger partial charge in [0.05, 0.1) is 11.1 Å². The van der Waals surface area contributed by atoms with E-state index in [9.17, 15) is 14.9 Å². The van der Waals surface area contributed by atoms with Crippen LogP contribution in [0.25, 0.3) is 16.8 Å². The van der Waals surface area contributed by atoms with Gasteiger partial charge in [0.25, 0.3) is 11.2 Å². The first-order valence-electron chi connectivity index (χ1n) is 7.14. The Kier molecular flexibility index (Phi) is 3.28. The number of nitro groups is 1. The molecule has 1 aromatic carbocycles. The number of nitrogens with one attached hydrogen (secondary N) is 1. The molecule has 0 aliphatic heterocycles. The van der Waals surface area contributed by atoms with E-state index in [1.165, 1.54) is 16.6 Å². The van der Waals surface area contributed by atoms with Gasteiger partial charge in [-0.15, -0.1) is 0 Å². The second-order valence-corrected chi connectivity index (χ2v) is 6.39.